The van der Waals surface area contributed by atoms with Gasteiger partial charge >= 0.3 is 130 Å². The van der Waals surface area contributed by atoms with Gasteiger partial charge in [0.05, 0.1) is 0 Å². The second-order valence-electron chi connectivity index (χ2n) is 6.00. The molecule has 0 fully saturated rings. The number of hydrogen-bond acceptors (Lipinski definition) is 1. The van der Waals surface area contributed by atoms with E-state index in [9.17, 15) is 9.90 Å². The first-order valence-electron chi connectivity index (χ1n) is 8.50. The molecule has 0 unspecified atom stereocenters. The number of carbonyl (C=O) groups is 1. The van der Waals surface area contributed by atoms with E-state index >= 15 is 0 Å². The van der Waals surface area contributed by atoms with E-state index in [0.29, 0.717) is 12.0 Å². The molecule has 0 aliphatic heterocycles. The molecule has 0 radical (unpaired) electrons. The van der Waals surface area contributed by atoms with E-state index in [1.54, 1.807) is 0 Å². The molecule has 0 aliphatic carbocycles. The Morgan fingerprint density at radius 1 is 0.900 bits per heavy atom. The average Bonchev–Trinajstić information content (AvgIpc) is 2.45. The number of carboxylic acids is 1. The van der Waals surface area contributed by atoms with Crippen LogP contribution in [0.25, 0.3) is 0 Å². The van der Waals surface area contributed by atoms with Crippen molar-refractivity contribution in [1.82, 2.24) is 0 Å². The molecule has 0 saturated heterocycles. The van der Waals surface area contributed by atoms with Crippen LogP contribution in [0.15, 0.2) is 9.67 Å². The topological polar surface area (TPSA) is 37.3 Å². The fourth-order valence-electron chi connectivity index (χ4n) is 2.86. The Bertz CT molecular complexity index is 276. The monoisotopic (exact) mass is 390 g/mol. The summed E-state index contributed by atoms with van der Waals surface area (Å²) in [5.41, 5.74) is 0.698. The summed E-state index contributed by atoms with van der Waals surface area (Å²) in [7, 11) is 0. The second-order valence-corrected chi connectivity index (χ2v) is 18.9. The molecule has 3 heteroatoms. The first kappa shape index (κ1) is 20.0. The molecule has 0 aromatic heterocycles. The van der Waals surface area contributed by atoms with Gasteiger partial charge in [-0.3, -0.25) is 0 Å². The van der Waals surface area contributed by atoms with Gasteiger partial charge in [0.25, 0.3) is 0 Å². The molecule has 0 spiro atoms. The quantitative estimate of drug-likeness (QED) is 0.339. The molecule has 0 aliphatic rings. The summed E-state index contributed by atoms with van der Waals surface area (Å²) in [6.07, 6.45) is 8.25. The van der Waals surface area contributed by atoms with Gasteiger partial charge in [-0.2, -0.15) is 0 Å². The Labute approximate surface area is 129 Å². The van der Waals surface area contributed by atoms with Gasteiger partial charge in [-0.15, -0.1) is 0 Å². The van der Waals surface area contributed by atoms with Gasteiger partial charge in [-0.05, 0) is 0 Å². The van der Waals surface area contributed by atoms with Gasteiger partial charge in [-0.1, -0.05) is 0 Å². The van der Waals surface area contributed by atoms with E-state index in [2.05, 4.69) is 24.9 Å². The van der Waals surface area contributed by atoms with Crippen molar-refractivity contribution in [3.05, 3.63) is 9.67 Å². The van der Waals surface area contributed by atoms with Gasteiger partial charge in [-0.25, -0.2) is 0 Å². The van der Waals surface area contributed by atoms with Crippen molar-refractivity contribution in [3.63, 3.8) is 0 Å². The van der Waals surface area contributed by atoms with E-state index in [1.165, 1.54) is 51.8 Å². The summed E-state index contributed by atoms with van der Waals surface area (Å²) in [6, 6.07) is 0. The minimum absolute atomic E-state index is 0.679. The van der Waals surface area contributed by atoms with Crippen LogP contribution in [0.3, 0.4) is 0 Å². The molecule has 0 rings (SSSR count). The fourth-order valence-corrected chi connectivity index (χ4v) is 18.3. The zero-order chi connectivity index (χ0) is 15.4. The van der Waals surface area contributed by atoms with Crippen LogP contribution in [0.5, 0.6) is 0 Å². The van der Waals surface area contributed by atoms with Crippen LogP contribution in [0, 0.1) is 0 Å². The van der Waals surface area contributed by atoms with Crippen LogP contribution < -0.4 is 0 Å². The van der Waals surface area contributed by atoms with E-state index in [0.717, 1.165) is 0 Å². The molecule has 1 N–H and O–H groups in total. The average molecular weight is 389 g/mol. The minimum atomic E-state index is -2.40. The van der Waals surface area contributed by atoms with Gasteiger partial charge in [0.1, 0.15) is 0 Å². The van der Waals surface area contributed by atoms with Crippen molar-refractivity contribution in [2.45, 2.75) is 86.0 Å². The zero-order valence-electron chi connectivity index (χ0n) is 14.0. The van der Waals surface area contributed by atoms with Crippen molar-refractivity contribution < 1.29 is 9.90 Å². The summed E-state index contributed by atoms with van der Waals surface area (Å²) in [6.45, 7) is 8.73. The van der Waals surface area contributed by atoms with Crippen LogP contribution in [0.4, 0.5) is 0 Å². The molecule has 0 aromatic carbocycles. The summed E-state index contributed by atoms with van der Waals surface area (Å²) in [5, 5.41) is 9.38. The summed E-state index contributed by atoms with van der Waals surface area (Å²) >= 11 is -2.40. The predicted molar refractivity (Wildman–Crippen MR) is 90.9 cm³/mol. The Morgan fingerprint density at radius 3 is 1.55 bits per heavy atom. The normalized spacial score (nSPS) is 12.7. The maximum atomic E-state index is 11.4. The number of carboxylic acid groups (broad SMARTS) is 1. The van der Waals surface area contributed by atoms with Gasteiger partial charge < -0.3 is 0 Å². The summed E-state index contributed by atoms with van der Waals surface area (Å²) < 4.78 is 6.38. The van der Waals surface area contributed by atoms with Gasteiger partial charge in [0, 0.05) is 0 Å². The van der Waals surface area contributed by atoms with E-state index in [-0.39, 0.29) is 0 Å². The Balaban J connectivity index is 5.25. The molecule has 0 atom stereocenters. The number of unbranched alkanes of at least 4 members (excludes halogenated alkanes) is 3. The molecule has 118 valence electrons. The third-order valence-corrected chi connectivity index (χ3v) is 18.5. The van der Waals surface area contributed by atoms with E-state index in [1.807, 2.05) is 6.92 Å². The van der Waals surface area contributed by atoms with Crippen LogP contribution >= 0.6 is 0 Å². The molecule has 0 heterocycles. The van der Waals surface area contributed by atoms with Crippen LogP contribution in [0.1, 0.15) is 72.6 Å². The van der Waals surface area contributed by atoms with Crippen molar-refractivity contribution in [2.75, 3.05) is 0 Å². The second kappa shape index (κ2) is 11.6. The summed E-state index contributed by atoms with van der Waals surface area (Å²) in [4.78, 5) is 11.4. The Morgan fingerprint density at radius 2 is 1.30 bits per heavy atom. The molecule has 0 saturated carbocycles. The Hall–Kier alpha value is 0.00870. The molecule has 0 amide bonds. The maximum absolute atomic E-state index is 11.4. The first-order chi connectivity index (χ1) is 9.55. The van der Waals surface area contributed by atoms with E-state index in [4.69, 9.17) is 0 Å². The van der Waals surface area contributed by atoms with Crippen LogP contribution in [-0.2, 0) is 4.79 Å². The SMILES string of the molecule is CCC[CH2][Sn]([CH]=C(CC)C(=O)O)([CH2]CCC)[CH2]CCC. The summed E-state index contributed by atoms with van der Waals surface area (Å²) in [5.74, 6) is -0.682. The molecule has 20 heavy (non-hydrogen) atoms. The number of rotatable bonds is 12. The van der Waals surface area contributed by atoms with Crippen LogP contribution in [-0.4, -0.2) is 29.5 Å². The first-order valence-corrected chi connectivity index (χ1v) is 16.2. The Kier molecular flexibility index (Phi) is 11.6. The van der Waals surface area contributed by atoms with Crippen molar-refractivity contribution in [3.8, 4) is 0 Å². The van der Waals surface area contributed by atoms with Crippen molar-refractivity contribution in [1.29, 1.82) is 0 Å². The molecule has 0 aromatic rings. The van der Waals surface area contributed by atoms with Gasteiger partial charge in [0.15, 0.2) is 0 Å². The molecule has 2 nitrogen and oxygen atoms in total. The third kappa shape index (κ3) is 7.70. The zero-order valence-corrected chi connectivity index (χ0v) is 16.9. The van der Waals surface area contributed by atoms with E-state index < -0.39 is 24.3 Å². The third-order valence-electron chi connectivity index (χ3n) is 4.22. The fraction of sp³-hybridized carbons (Fsp3) is 0.824. The van der Waals surface area contributed by atoms with Crippen molar-refractivity contribution in [2.24, 2.45) is 0 Å². The van der Waals surface area contributed by atoms with Crippen LogP contribution in [0.2, 0.25) is 13.3 Å². The standard InChI is InChI=1S/C5H7O2.3C4H9.Sn/c1-3-4(2)5(6)7;3*1-3-4-2;/h2H,3H2,1H3,(H,6,7);3*1,3-4H2,2H3;. The number of hydrogen-bond donors (Lipinski definition) is 1. The van der Waals surface area contributed by atoms with Gasteiger partial charge in [0.2, 0.25) is 0 Å². The molecule has 0 bridgehead atoms. The molecular weight excluding hydrogens is 355 g/mol. The van der Waals surface area contributed by atoms with Crippen molar-refractivity contribution >= 4 is 24.3 Å². The predicted octanol–water partition coefficient (Wildman–Crippen LogP) is 5.80. The molecular formula is C17H34O2Sn. The number of aliphatic carboxylic acids is 1.